The van der Waals surface area contributed by atoms with Gasteiger partial charge in [-0.1, -0.05) is 0 Å². The quantitative estimate of drug-likeness (QED) is 0.873. The highest BCUT2D eigenvalue weighted by Crippen LogP contribution is 2.38. The minimum absolute atomic E-state index is 0.00818. The maximum atomic E-state index is 13.6. The van der Waals surface area contributed by atoms with Gasteiger partial charge >= 0.3 is 11.9 Å². The van der Waals surface area contributed by atoms with E-state index in [9.17, 15) is 22.8 Å². The van der Waals surface area contributed by atoms with Crippen LogP contribution in [0.25, 0.3) is 11.1 Å². The second kappa shape index (κ2) is 7.03. The fraction of sp³-hybridized carbons (Fsp3) is 0.556. The molecule has 2 heterocycles. The molecule has 0 saturated carbocycles. The molecule has 0 bridgehead atoms. The molecule has 1 fully saturated rings. The molecule has 1 N–H and O–H groups in total. The number of oxazole rings is 1. The Balaban J connectivity index is 1.95. The number of fused-ring (bicyclic) bond motifs is 1. The Morgan fingerprint density at radius 3 is 2.59 bits per heavy atom. The summed E-state index contributed by atoms with van der Waals surface area (Å²) in [5.41, 5.74) is -1.47. The van der Waals surface area contributed by atoms with Crippen molar-refractivity contribution < 1.29 is 27.1 Å². The summed E-state index contributed by atoms with van der Waals surface area (Å²) >= 11 is 0. The van der Waals surface area contributed by atoms with E-state index in [1.54, 1.807) is 13.8 Å². The number of alkyl halides is 3. The Morgan fingerprint density at radius 2 is 2.00 bits per heavy atom. The number of halogens is 3. The SMILES string of the molecule is CC(C)n1c(=O)oc2cc(OC[C@@H]3CC(=O)C[C@H](C)N3)cc(C(F)(F)F)c21. The maximum Gasteiger partial charge on any atom is 0.420 e. The molecule has 2 aromatic rings. The normalized spacial score (nSPS) is 21.2. The second-order valence-electron chi connectivity index (χ2n) is 7.17. The summed E-state index contributed by atoms with van der Waals surface area (Å²) in [6, 6.07) is 1.36. The van der Waals surface area contributed by atoms with Gasteiger partial charge in [0, 0.05) is 37.0 Å². The third kappa shape index (κ3) is 4.02. The minimum atomic E-state index is -4.68. The van der Waals surface area contributed by atoms with E-state index in [1.165, 1.54) is 6.07 Å². The van der Waals surface area contributed by atoms with Crippen LogP contribution in [0.3, 0.4) is 0 Å². The van der Waals surface area contributed by atoms with Crippen molar-refractivity contribution >= 4 is 16.9 Å². The van der Waals surface area contributed by atoms with E-state index in [4.69, 9.17) is 9.15 Å². The number of hydrogen-bond donors (Lipinski definition) is 1. The predicted octanol–water partition coefficient (Wildman–Crippen LogP) is 3.28. The van der Waals surface area contributed by atoms with E-state index < -0.39 is 23.5 Å². The van der Waals surface area contributed by atoms with Crippen LogP contribution >= 0.6 is 0 Å². The van der Waals surface area contributed by atoms with Crippen LogP contribution in [0.2, 0.25) is 0 Å². The average Bonchev–Trinajstić information content (AvgIpc) is 2.86. The average molecular weight is 386 g/mol. The molecular formula is C18H21F3N2O4. The monoisotopic (exact) mass is 386 g/mol. The number of benzene rings is 1. The lowest BCUT2D eigenvalue weighted by molar-refractivity contribution is -0.136. The molecule has 1 aliphatic heterocycles. The lowest BCUT2D eigenvalue weighted by Gasteiger charge is -2.27. The van der Waals surface area contributed by atoms with Crippen LogP contribution in [0, 0.1) is 0 Å². The van der Waals surface area contributed by atoms with Gasteiger partial charge in [0.25, 0.3) is 0 Å². The van der Waals surface area contributed by atoms with Crippen molar-refractivity contribution in [3.05, 3.63) is 28.2 Å². The number of aromatic nitrogens is 1. The maximum absolute atomic E-state index is 13.6. The van der Waals surface area contributed by atoms with Gasteiger partial charge in [0.1, 0.15) is 23.7 Å². The number of nitrogens with zero attached hydrogens (tertiary/aromatic N) is 1. The molecule has 0 amide bonds. The van der Waals surface area contributed by atoms with E-state index >= 15 is 0 Å². The summed E-state index contributed by atoms with van der Waals surface area (Å²) in [5.74, 6) is -0.829. The third-order valence-corrected chi connectivity index (χ3v) is 4.48. The van der Waals surface area contributed by atoms with E-state index in [0.717, 1.165) is 10.6 Å². The number of carbonyl (C=O) groups is 1. The molecular weight excluding hydrogens is 365 g/mol. The zero-order valence-electron chi connectivity index (χ0n) is 15.2. The van der Waals surface area contributed by atoms with Gasteiger partial charge in [-0.25, -0.2) is 4.79 Å². The van der Waals surface area contributed by atoms with Crippen LogP contribution in [0.4, 0.5) is 13.2 Å². The van der Waals surface area contributed by atoms with Crippen molar-refractivity contribution in [2.75, 3.05) is 6.61 Å². The third-order valence-electron chi connectivity index (χ3n) is 4.48. The first kappa shape index (κ1) is 19.5. The largest absolute Gasteiger partial charge is 0.492 e. The van der Waals surface area contributed by atoms with Gasteiger partial charge in [-0.15, -0.1) is 0 Å². The van der Waals surface area contributed by atoms with Crippen molar-refractivity contribution in [2.24, 2.45) is 0 Å². The Morgan fingerprint density at radius 1 is 1.30 bits per heavy atom. The van der Waals surface area contributed by atoms with Gasteiger partial charge in [0.2, 0.25) is 0 Å². The van der Waals surface area contributed by atoms with Gasteiger partial charge in [0.05, 0.1) is 5.56 Å². The number of carbonyl (C=O) groups excluding carboxylic acids is 1. The number of ketones is 1. The summed E-state index contributed by atoms with van der Waals surface area (Å²) in [7, 11) is 0. The van der Waals surface area contributed by atoms with Crippen molar-refractivity contribution in [3.8, 4) is 5.75 Å². The fourth-order valence-electron chi connectivity index (χ4n) is 3.44. The molecule has 0 aliphatic carbocycles. The van der Waals surface area contributed by atoms with Crippen LogP contribution in [-0.2, 0) is 11.0 Å². The Labute approximate surface area is 153 Å². The van der Waals surface area contributed by atoms with Crippen LogP contribution in [0.1, 0.15) is 45.2 Å². The standard InChI is InChI=1S/C18H21F3N2O4/c1-9(2)23-16-14(18(19,20)21)6-13(7-15(16)27-17(23)25)26-8-11-5-12(24)4-10(3)22-11/h6-7,9-11,22H,4-5,8H2,1-3H3/t10-,11-/m0/s1. The smallest absolute Gasteiger partial charge is 0.420 e. The van der Waals surface area contributed by atoms with E-state index in [1.807, 2.05) is 6.92 Å². The summed E-state index contributed by atoms with van der Waals surface area (Å²) < 4.78 is 52.2. The zero-order valence-corrected chi connectivity index (χ0v) is 15.2. The van der Waals surface area contributed by atoms with Gasteiger partial charge in [-0.3, -0.25) is 9.36 Å². The van der Waals surface area contributed by atoms with Crippen molar-refractivity contribution in [3.63, 3.8) is 0 Å². The topological polar surface area (TPSA) is 73.5 Å². The van der Waals surface area contributed by atoms with E-state index in [-0.39, 0.29) is 47.7 Å². The van der Waals surface area contributed by atoms with Gasteiger partial charge in [0.15, 0.2) is 5.58 Å². The Hall–Kier alpha value is -2.29. The molecule has 27 heavy (non-hydrogen) atoms. The highest BCUT2D eigenvalue weighted by Gasteiger charge is 2.36. The summed E-state index contributed by atoms with van der Waals surface area (Å²) in [6.07, 6.45) is -4.00. The Bertz CT molecular complexity index is 914. The van der Waals surface area contributed by atoms with Gasteiger partial charge in [-0.2, -0.15) is 13.2 Å². The predicted molar refractivity (Wildman–Crippen MR) is 92.0 cm³/mol. The summed E-state index contributed by atoms with van der Waals surface area (Å²) in [5, 5.41) is 3.18. The molecule has 9 heteroatoms. The first-order valence-electron chi connectivity index (χ1n) is 8.73. The fourth-order valence-corrected chi connectivity index (χ4v) is 3.44. The van der Waals surface area contributed by atoms with Crippen molar-refractivity contribution in [1.82, 2.24) is 9.88 Å². The first-order chi connectivity index (χ1) is 12.6. The van der Waals surface area contributed by atoms with E-state index in [0.29, 0.717) is 6.42 Å². The molecule has 1 saturated heterocycles. The van der Waals surface area contributed by atoms with Crippen molar-refractivity contribution in [2.45, 2.75) is 57.9 Å². The van der Waals surface area contributed by atoms with Crippen LogP contribution in [-0.4, -0.2) is 29.0 Å². The molecule has 3 rings (SSSR count). The highest BCUT2D eigenvalue weighted by atomic mass is 19.4. The zero-order chi connectivity index (χ0) is 19.9. The lowest BCUT2D eigenvalue weighted by atomic mass is 9.99. The molecule has 0 spiro atoms. The molecule has 2 atom stereocenters. The molecule has 148 valence electrons. The van der Waals surface area contributed by atoms with Gasteiger partial charge < -0.3 is 14.5 Å². The number of rotatable bonds is 4. The van der Waals surface area contributed by atoms with Crippen LogP contribution in [0.15, 0.2) is 21.3 Å². The van der Waals surface area contributed by atoms with Crippen molar-refractivity contribution in [1.29, 1.82) is 0 Å². The molecule has 1 aromatic heterocycles. The van der Waals surface area contributed by atoms with E-state index in [2.05, 4.69) is 5.32 Å². The number of ether oxygens (including phenoxy) is 1. The number of piperidine rings is 1. The molecule has 0 radical (unpaired) electrons. The number of Topliss-reactive ketones (excluding diaryl/α,β-unsaturated/α-hetero) is 1. The second-order valence-corrected chi connectivity index (χ2v) is 7.17. The molecule has 0 unspecified atom stereocenters. The highest BCUT2D eigenvalue weighted by molar-refractivity contribution is 5.81. The molecule has 1 aliphatic rings. The Kier molecular flexibility index (Phi) is 5.07. The van der Waals surface area contributed by atoms with Crippen LogP contribution in [0.5, 0.6) is 5.75 Å². The summed E-state index contributed by atoms with van der Waals surface area (Å²) in [4.78, 5) is 23.7. The summed E-state index contributed by atoms with van der Waals surface area (Å²) in [6.45, 7) is 5.11. The lowest BCUT2D eigenvalue weighted by Crippen LogP contribution is -2.47. The number of hydrogen-bond acceptors (Lipinski definition) is 5. The first-order valence-corrected chi connectivity index (χ1v) is 8.73. The molecule has 1 aromatic carbocycles. The minimum Gasteiger partial charge on any atom is -0.492 e. The van der Waals surface area contributed by atoms with Crippen LogP contribution < -0.4 is 15.8 Å². The number of nitrogens with one attached hydrogen (secondary N) is 1. The molecule has 6 nitrogen and oxygen atoms in total. The van der Waals surface area contributed by atoms with Gasteiger partial charge in [-0.05, 0) is 26.8 Å².